The third-order valence-electron chi connectivity index (χ3n) is 6.28. The zero-order chi connectivity index (χ0) is 28.0. The number of nitrogens with one attached hydrogen (secondary N) is 1. The zero-order valence-corrected chi connectivity index (χ0v) is 21.9. The van der Waals surface area contributed by atoms with E-state index in [1.165, 1.54) is 36.8 Å². The second-order valence-corrected chi connectivity index (χ2v) is 10.1. The molecule has 2 aromatic heterocycles. The molecule has 1 amide bonds. The Balaban J connectivity index is 1.24. The number of anilines is 1. The van der Waals surface area contributed by atoms with E-state index in [0.29, 0.717) is 39.4 Å². The van der Waals surface area contributed by atoms with E-state index in [9.17, 15) is 9.18 Å². The van der Waals surface area contributed by atoms with E-state index >= 15 is 4.39 Å². The van der Waals surface area contributed by atoms with Crippen molar-refractivity contribution in [3.63, 3.8) is 0 Å². The predicted octanol–water partition coefficient (Wildman–Crippen LogP) is 5.93. The number of fused-ring (bicyclic) bond motifs is 4. The van der Waals surface area contributed by atoms with Gasteiger partial charge in [-0.2, -0.15) is 5.26 Å². The summed E-state index contributed by atoms with van der Waals surface area (Å²) in [6.45, 7) is 1.77. The second-order valence-electron chi connectivity index (χ2n) is 9.13. The van der Waals surface area contributed by atoms with Gasteiger partial charge in [-0.05, 0) is 42.8 Å². The highest BCUT2D eigenvalue weighted by atomic mass is 32.1. The molecule has 0 fully saturated rings. The summed E-state index contributed by atoms with van der Waals surface area (Å²) in [5.41, 5.74) is 4.29. The fraction of sp³-hybridized carbons (Fsp3) is 0.179. The summed E-state index contributed by atoms with van der Waals surface area (Å²) in [7, 11) is 1.53. The van der Waals surface area contributed by atoms with Crippen molar-refractivity contribution in [2.75, 3.05) is 19.0 Å². The van der Waals surface area contributed by atoms with Gasteiger partial charge in [-0.1, -0.05) is 0 Å². The van der Waals surface area contributed by atoms with Crippen LogP contribution in [0, 0.1) is 29.9 Å². The number of aromatic nitrogens is 3. The van der Waals surface area contributed by atoms with Crippen LogP contribution in [0.4, 0.5) is 19.3 Å². The lowest BCUT2D eigenvalue weighted by molar-refractivity contribution is 0.100. The highest BCUT2D eigenvalue weighted by Gasteiger charge is 2.31. The van der Waals surface area contributed by atoms with Crippen LogP contribution in [0.15, 0.2) is 42.6 Å². The lowest BCUT2D eigenvalue weighted by atomic mass is 10.1. The van der Waals surface area contributed by atoms with Crippen LogP contribution in [-0.2, 0) is 11.2 Å². The Morgan fingerprint density at radius 2 is 2.05 bits per heavy atom. The number of carbonyl (C=O) groups is 1. The van der Waals surface area contributed by atoms with Crippen LogP contribution in [0.3, 0.4) is 0 Å². The van der Waals surface area contributed by atoms with Crippen LogP contribution in [0.25, 0.3) is 31.8 Å². The maximum atomic E-state index is 15.0. The van der Waals surface area contributed by atoms with Gasteiger partial charge < -0.3 is 14.2 Å². The molecule has 12 heteroatoms. The molecule has 0 bridgehead atoms. The molecule has 1 aliphatic rings. The van der Waals surface area contributed by atoms with E-state index in [2.05, 4.69) is 15.3 Å². The molecule has 1 atom stereocenters. The highest BCUT2D eigenvalue weighted by molar-refractivity contribution is 7.22. The van der Waals surface area contributed by atoms with Gasteiger partial charge >= 0.3 is 6.09 Å². The standard InChI is InChI=1S/C28H19F2N5O4S/c1-13-3-18(24-21(4-13)34-23(37-2)11-32-24)27-35-22-9-20(30)25-19(26(22)40-27)8-17(39-25)12-38-28(36)33-16-6-14(10-31)5-15(29)7-16/h3-7,9,11,17H,8,12H2,1-2H3,(H,33,36)/t17-/m1/s1. The number of ether oxygens (including phenoxy) is 3. The smallest absolute Gasteiger partial charge is 0.411 e. The minimum Gasteiger partial charge on any atom is -0.483 e. The number of thiazole rings is 1. The number of hydrogen-bond acceptors (Lipinski definition) is 9. The Morgan fingerprint density at radius 3 is 2.85 bits per heavy atom. The number of amides is 1. The summed E-state index contributed by atoms with van der Waals surface area (Å²) >= 11 is 1.39. The Morgan fingerprint density at radius 1 is 1.20 bits per heavy atom. The molecule has 0 unspecified atom stereocenters. The minimum absolute atomic E-state index is 0.0544. The Labute approximate surface area is 230 Å². The highest BCUT2D eigenvalue weighted by Crippen LogP contribution is 2.43. The van der Waals surface area contributed by atoms with Crippen molar-refractivity contribution in [2.24, 2.45) is 0 Å². The number of halogens is 2. The van der Waals surface area contributed by atoms with Gasteiger partial charge in [0.05, 0.1) is 46.2 Å². The molecular weight excluding hydrogens is 540 g/mol. The number of nitriles is 1. The largest absolute Gasteiger partial charge is 0.483 e. The molecule has 5 aromatic rings. The first-order chi connectivity index (χ1) is 19.3. The van der Waals surface area contributed by atoms with Gasteiger partial charge in [-0.25, -0.2) is 28.5 Å². The molecule has 1 aliphatic heterocycles. The maximum Gasteiger partial charge on any atom is 0.411 e. The summed E-state index contributed by atoms with van der Waals surface area (Å²) in [4.78, 5) is 26.0. The molecule has 0 saturated heterocycles. The van der Waals surface area contributed by atoms with Gasteiger partial charge in [0.1, 0.15) is 23.5 Å². The second kappa shape index (κ2) is 10.0. The van der Waals surface area contributed by atoms with E-state index in [-0.39, 0.29) is 23.6 Å². The van der Waals surface area contributed by atoms with E-state index in [1.54, 1.807) is 0 Å². The minimum atomic E-state index is -0.858. The lowest BCUT2D eigenvalue weighted by Crippen LogP contribution is -2.25. The SMILES string of the molecule is COc1cnc2c(-c3nc4cc(F)c5c(c4s3)C[C@H](COC(=O)Nc3cc(F)cc(C#N)c3)O5)cc(C)cc2n1. The Hall–Kier alpha value is -4.89. The number of benzene rings is 3. The van der Waals surface area contributed by atoms with Gasteiger partial charge in [0.25, 0.3) is 0 Å². The fourth-order valence-electron chi connectivity index (χ4n) is 4.59. The molecule has 1 N–H and O–H groups in total. The van der Waals surface area contributed by atoms with E-state index in [1.807, 2.05) is 25.1 Å². The van der Waals surface area contributed by atoms with Crippen LogP contribution in [0.5, 0.6) is 11.6 Å². The average Bonchev–Trinajstić information content (AvgIpc) is 3.55. The lowest BCUT2D eigenvalue weighted by Gasteiger charge is -2.12. The normalized spacial score (nSPS) is 14.0. The molecule has 9 nitrogen and oxygen atoms in total. The number of rotatable bonds is 5. The van der Waals surface area contributed by atoms with Crippen LogP contribution >= 0.6 is 11.3 Å². The Kier molecular flexibility index (Phi) is 6.36. The predicted molar refractivity (Wildman–Crippen MR) is 144 cm³/mol. The molecule has 200 valence electrons. The van der Waals surface area contributed by atoms with Crippen molar-refractivity contribution in [1.82, 2.24) is 15.0 Å². The Bertz CT molecular complexity index is 1870. The van der Waals surface area contributed by atoms with Crippen molar-refractivity contribution in [3.8, 4) is 28.3 Å². The van der Waals surface area contributed by atoms with Crippen molar-refractivity contribution in [3.05, 3.63) is 70.9 Å². The molecule has 40 heavy (non-hydrogen) atoms. The summed E-state index contributed by atoms with van der Waals surface area (Å²) < 4.78 is 45.7. The van der Waals surface area contributed by atoms with Gasteiger partial charge in [-0.15, -0.1) is 11.3 Å². The number of methoxy groups -OCH3 is 1. The summed E-state index contributed by atoms with van der Waals surface area (Å²) in [5, 5.41) is 12.0. The van der Waals surface area contributed by atoms with E-state index in [4.69, 9.17) is 24.5 Å². The molecule has 6 rings (SSSR count). The monoisotopic (exact) mass is 559 g/mol. The quantitative estimate of drug-likeness (QED) is 0.282. The molecule has 3 heterocycles. The van der Waals surface area contributed by atoms with E-state index < -0.39 is 23.8 Å². The van der Waals surface area contributed by atoms with Crippen LogP contribution in [0.1, 0.15) is 16.7 Å². The summed E-state index contributed by atoms with van der Waals surface area (Å²) in [6.07, 6.45) is 0.343. The average molecular weight is 560 g/mol. The first-order valence-corrected chi connectivity index (χ1v) is 12.9. The van der Waals surface area contributed by atoms with Crippen LogP contribution < -0.4 is 14.8 Å². The molecular formula is C28H19F2N5O4S. The van der Waals surface area contributed by atoms with Crippen molar-refractivity contribution in [1.29, 1.82) is 5.26 Å². The topological polar surface area (TPSA) is 119 Å². The van der Waals surface area contributed by atoms with E-state index in [0.717, 1.165) is 28.0 Å². The van der Waals surface area contributed by atoms with Crippen molar-refractivity contribution in [2.45, 2.75) is 19.4 Å². The third-order valence-corrected chi connectivity index (χ3v) is 7.44. The molecule has 0 aliphatic carbocycles. The van der Waals surface area contributed by atoms with Gasteiger partial charge in [-0.3, -0.25) is 5.32 Å². The molecule has 0 radical (unpaired) electrons. The fourth-order valence-corrected chi connectivity index (χ4v) is 5.71. The van der Waals surface area contributed by atoms with Gasteiger partial charge in [0.2, 0.25) is 5.88 Å². The number of aryl methyl sites for hydroxylation is 1. The zero-order valence-electron chi connectivity index (χ0n) is 21.1. The maximum absolute atomic E-state index is 15.0. The first kappa shape index (κ1) is 25.4. The molecule has 3 aromatic carbocycles. The summed E-state index contributed by atoms with van der Waals surface area (Å²) in [6, 6.07) is 10.4. The number of hydrogen-bond donors (Lipinski definition) is 1. The van der Waals surface area contributed by atoms with Crippen molar-refractivity contribution >= 4 is 44.4 Å². The van der Waals surface area contributed by atoms with Gasteiger partial charge in [0.15, 0.2) is 11.6 Å². The molecule has 0 saturated carbocycles. The van der Waals surface area contributed by atoms with Crippen LogP contribution in [0.2, 0.25) is 0 Å². The van der Waals surface area contributed by atoms with Gasteiger partial charge in [0, 0.05) is 29.3 Å². The number of carbonyl (C=O) groups excluding carboxylic acids is 1. The first-order valence-electron chi connectivity index (χ1n) is 12.1. The van der Waals surface area contributed by atoms with Crippen LogP contribution in [-0.4, -0.2) is 40.9 Å². The third kappa shape index (κ3) is 4.71. The summed E-state index contributed by atoms with van der Waals surface area (Å²) in [5.74, 6) is -0.735. The van der Waals surface area contributed by atoms with Crippen molar-refractivity contribution < 1.29 is 27.8 Å². The number of nitrogens with zero attached hydrogens (tertiary/aromatic N) is 4. The molecule has 0 spiro atoms.